The van der Waals surface area contributed by atoms with Gasteiger partial charge in [0.2, 0.25) is 0 Å². The lowest BCUT2D eigenvalue weighted by molar-refractivity contribution is -0.142. The molecule has 1 unspecified atom stereocenters. The number of esters is 1. The molecule has 0 spiro atoms. The molecule has 0 amide bonds. The van der Waals surface area contributed by atoms with Gasteiger partial charge in [0.1, 0.15) is 6.67 Å². The normalized spacial score (nSPS) is 24.9. The zero-order chi connectivity index (χ0) is 23.8. The molecule has 5 aliphatic rings. The maximum Gasteiger partial charge on any atom is 0.313 e. The van der Waals surface area contributed by atoms with E-state index in [9.17, 15) is 10.1 Å². The molecule has 0 saturated heterocycles. The van der Waals surface area contributed by atoms with E-state index in [1.54, 1.807) is 11.1 Å². The van der Waals surface area contributed by atoms with Crippen molar-refractivity contribution in [2.45, 2.75) is 25.7 Å². The maximum absolute atomic E-state index is 12.8. The van der Waals surface area contributed by atoms with Crippen LogP contribution in [0.1, 0.15) is 47.9 Å². The number of hydrogen-bond acceptors (Lipinski definition) is 7. The quantitative estimate of drug-likeness (QED) is 0.418. The van der Waals surface area contributed by atoms with Crippen molar-refractivity contribution in [2.75, 3.05) is 19.8 Å². The predicted octanol–water partition coefficient (Wildman–Crippen LogP) is 4.60. The molecular formula is C28H27N5O2. The van der Waals surface area contributed by atoms with Gasteiger partial charge in [-0.1, -0.05) is 12.2 Å². The Morgan fingerprint density at radius 1 is 1.11 bits per heavy atom. The van der Waals surface area contributed by atoms with Gasteiger partial charge in [-0.2, -0.15) is 5.26 Å². The summed E-state index contributed by atoms with van der Waals surface area (Å²) < 4.78 is 5.61. The molecule has 1 saturated carbocycles. The molecule has 0 N–H and O–H groups in total. The van der Waals surface area contributed by atoms with Crippen LogP contribution in [0.2, 0.25) is 0 Å². The van der Waals surface area contributed by atoms with Crippen LogP contribution in [-0.2, 0) is 9.53 Å². The van der Waals surface area contributed by atoms with Crippen LogP contribution in [-0.4, -0.2) is 46.6 Å². The van der Waals surface area contributed by atoms with Crippen molar-refractivity contribution < 1.29 is 9.53 Å². The Morgan fingerprint density at radius 3 is 2.97 bits per heavy atom. The molecule has 0 aromatic heterocycles. The van der Waals surface area contributed by atoms with E-state index in [4.69, 9.17) is 4.74 Å². The first kappa shape index (κ1) is 21.5. The topological polar surface area (TPSA) is 72.2 Å². The first-order chi connectivity index (χ1) is 17.2. The molecule has 35 heavy (non-hydrogen) atoms. The number of cyclic esters (lactones) is 1. The summed E-state index contributed by atoms with van der Waals surface area (Å²) in [5.74, 6) is 0.346. The molecule has 7 heteroatoms. The van der Waals surface area contributed by atoms with E-state index < -0.39 is 0 Å². The maximum atomic E-state index is 12.8. The van der Waals surface area contributed by atoms with Crippen LogP contribution < -0.4 is 0 Å². The second-order valence-corrected chi connectivity index (χ2v) is 9.63. The lowest BCUT2D eigenvalue weighted by atomic mass is 9.98. The van der Waals surface area contributed by atoms with Gasteiger partial charge in [-0.3, -0.25) is 14.7 Å². The largest absolute Gasteiger partial charge is 0.434 e. The number of carbonyl (C=O) groups excluding carboxylic acids is 1. The summed E-state index contributed by atoms with van der Waals surface area (Å²) in [5.41, 5.74) is 5.88. The van der Waals surface area contributed by atoms with Gasteiger partial charge in [-0.15, -0.1) is 0 Å². The average Bonchev–Trinajstić information content (AvgIpc) is 3.62. The van der Waals surface area contributed by atoms with Gasteiger partial charge in [0.05, 0.1) is 23.6 Å². The molecule has 2 aliphatic carbocycles. The minimum atomic E-state index is -0.148. The van der Waals surface area contributed by atoms with Gasteiger partial charge in [-0.05, 0) is 72.6 Å². The summed E-state index contributed by atoms with van der Waals surface area (Å²) in [6.45, 7) is 2.29. The second kappa shape index (κ2) is 8.95. The summed E-state index contributed by atoms with van der Waals surface area (Å²) in [6, 6.07) is 4.18. The number of nitrogens with zero attached hydrogens (tertiary/aromatic N) is 5. The number of fused-ring (bicyclic) bond motifs is 9. The first-order valence-corrected chi connectivity index (χ1v) is 12.2. The molecule has 2 atom stereocenters. The van der Waals surface area contributed by atoms with Crippen molar-refractivity contribution in [1.29, 1.82) is 5.26 Å². The van der Waals surface area contributed by atoms with Gasteiger partial charge in [0, 0.05) is 43.5 Å². The van der Waals surface area contributed by atoms with E-state index in [0.717, 1.165) is 65.9 Å². The van der Waals surface area contributed by atoms with Crippen molar-refractivity contribution in [1.82, 2.24) is 14.7 Å². The highest BCUT2D eigenvalue weighted by atomic mass is 16.5. The van der Waals surface area contributed by atoms with E-state index in [0.29, 0.717) is 19.1 Å². The number of carbonyl (C=O) groups is 1. The zero-order valence-electron chi connectivity index (χ0n) is 19.5. The van der Waals surface area contributed by atoms with E-state index in [2.05, 4.69) is 51.3 Å². The number of hydrogen-bond donors (Lipinski definition) is 0. The number of allylic oxidation sites excluding steroid dienone is 1. The van der Waals surface area contributed by atoms with Gasteiger partial charge < -0.3 is 14.5 Å². The highest BCUT2D eigenvalue weighted by Gasteiger charge is 2.31. The third kappa shape index (κ3) is 4.17. The van der Waals surface area contributed by atoms with Gasteiger partial charge in [0.15, 0.2) is 6.19 Å². The Morgan fingerprint density at radius 2 is 2.06 bits per heavy atom. The number of nitriles is 1. The first-order valence-electron chi connectivity index (χ1n) is 12.2. The standard InChI is InChI=1S/C28H27N5O2/c29-18-32-11-10-31-8-6-24-16-30-19-33(24)9-5-20-1-4-23(13-20)28(34)35-12-7-25-22-3-2-21(14-22)15-26(25)27(32)17-31/h2-3,6-7,10-12,14-17,20,23H,1,4-5,8-9,13,19H2/t20-,23?/m0/s1. The molecule has 1 aromatic carbocycles. The van der Waals surface area contributed by atoms with Crippen LogP contribution in [0.3, 0.4) is 0 Å². The molecule has 0 radical (unpaired) electrons. The fourth-order valence-electron chi connectivity index (χ4n) is 5.54. The lowest BCUT2D eigenvalue weighted by Crippen LogP contribution is -2.25. The van der Waals surface area contributed by atoms with Crippen molar-refractivity contribution in [3.63, 3.8) is 0 Å². The Balaban J connectivity index is 1.39. The van der Waals surface area contributed by atoms with Crippen molar-refractivity contribution in [2.24, 2.45) is 16.8 Å². The highest BCUT2D eigenvalue weighted by Crippen LogP contribution is 2.36. The summed E-state index contributed by atoms with van der Waals surface area (Å²) >= 11 is 0. The van der Waals surface area contributed by atoms with Crippen LogP contribution in [0.5, 0.6) is 0 Å². The molecule has 7 nitrogen and oxygen atoms in total. The third-order valence-corrected chi connectivity index (χ3v) is 7.48. The number of aliphatic imine (C=N–C) groups is 1. The Kier molecular flexibility index (Phi) is 5.49. The van der Waals surface area contributed by atoms with Crippen LogP contribution in [0.4, 0.5) is 0 Å². The fraction of sp³-hybridized carbons (Fsp3) is 0.321. The molecule has 176 valence electrons. The number of rotatable bonds is 0. The smallest absolute Gasteiger partial charge is 0.313 e. The summed E-state index contributed by atoms with van der Waals surface area (Å²) in [6.07, 6.45) is 23.5. The minimum absolute atomic E-state index is 0.0425. The summed E-state index contributed by atoms with van der Waals surface area (Å²) in [7, 11) is 0. The van der Waals surface area contributed by atoms with Gasteiger partial charge in [0.25, 0.3) is 0 Å². The molecular weight excluding hydrogens is 438 g/mol. The average molecular weight is 466 g/mol. The van der Waals surface area contributed by atoms with Crippen molar-refractivity contribution >= 4 is 36.1 Å². The number of ether oxygens (including phenoxy) is 1. The van der Waals surface area contributed by atoms with E-state index in [1.807, 2.05) is 24.7 Å². The summed E-state index contributed by atoms with van der Waals surface area (Å²) in [5, 5.41) is 9.82. The molecule has 3 heterocycles. The molecule has 1 aromatic rings. The van der Waals surface area contributed by atoms with Crippen LogP contribution >= 0.6 is 0 Å². The molecule has 1 fully saturated rings. The Bertz CT molecular complexity index is 1280. The Hall–Kier alpha value is -4.05. The monoisotopic (exact) mass is 465 g/mol. The van der Waals surface area contributed by atoms with Gasteiger partial charge in [-0.25, -0.2) is 0 Å². The second-order valence-electron chi connectivity index (χ2n) is 9.63. The van der Waals surface area contributed by atoms with Crippen LogP contribution in [0, 0.1) is 23.3 Å². The van der Waals surface area contributed by atoms with E-state index >= 15 is 0 Å². The van der Waals surface area contributed by atoms with Crippen molar-refractivity contribution in [3.8, 4) is 6.19 Å². The lowest BCUT2D eigenvalue weighted by Gasteiger charge is -2.27. The zero-order valence-corrected chi connectivity index (χ0v) is 19.5. The van der Waals surface area contributed by atoms with E-state index in [1.165, 1.54) is 6.26 Å². The minimum Gasteiger partial charge on any atom is -0.434 e. The van der Waals surface area contributed by atoms with E-state index in [-0.39, 0.29) is 11.9 Å². The SMILES string of the molecule is N#CN1C=CN2C=C1c1cc3cc(c1C=COC(=O)C1CC[C@@H](CCN4CN=CC4=CC2)C1)C=C3. The molecule has 6 rings (SSSR count). The molecule has 3 aliphatic heterocycles. The predicted molar refractivity (Wildman–Crippen MR) is 135 cm³/mol. The van der Waals surface area contributed by atoms with Gasteiger partial charge >= 0.3 is 5.97 Å². The summed E-state index contributed by atoms with van der Waals surface area (Å²) in [4.78, 5) is 23.2. The number of benzene rings is 1. The van der Waals surface area contributed by atoms with Crippen molar-refractivity contribution in [3.05, 3.63) is 71.0 Å². The van der Waals surface area contributed by atoms with Crippen LogP contribution in [0.25, 0.3) is 23.9 Å². The third-order valence-electron chi connectivity index (χ3n) is 7.48. The molecule has 6 bridgehead atoms. The highest BCUT2D eigenvalue weighted by molar-refractivity contribution is 5.89. The fourth-order valence-corrected chi connectivity index (χ4v) is 5.54. The van der Waals surface area contributed by atoms with Crippen LogP contribution in [0.15, 0.2) is 53.8 Å². The Labute approximate surface area is 205 Å².